The van der Waals surface area contributed by atoms with Crippen molar-refractivity contribution in [2.75, 3.05) is 0 Å². The number of hydrogen-bond donors (Lipinski definition) is 0. The van der Waals surface area contributed by atoms with Crippen LogP contribution in [0.15, 0.2) is 280 Å². The zero-order valence-corrected chi connectivity index (χ0v) is 89.1. The van der Waals surface area contributed by atoms with E-state index in [0.29, 0.717) is 0 Å². The van der Waals surface area contributed by atoms with Crippen molar-refractivity contribution in [3.8, 4) is 22.3 Å². The standard InChI is InChI=1S/C44H28N2.C20H21BO2.C16H10Br2N2.C14H9Br.C12H24B2O4.H6P4.H5P4/c1-25-39-21-37(33-13-11-31-15-27-7-3-5-9-29(27)17-35(31)19-33)24-42-43(39)44-40(26(2)46-42)22-38(23-41(44)45-25)34-14-12-32-16-28-8-4-6-10-30(28)18-36(32)20-34;1-19(2)20(3,4)23-21(22-19)18-10-9-16-11-14-7-5-6-8-15(14)12-17(16)13-18;1-7-11-3-9(17)6-14-15(11)16-12(8(2)20-14)4-10(18)5-13(16)19-7;15-14-6-5-12-7-10-3-1-2-4-11(10)8-13(12)9-14;1-9(2)10(3,4)16-13(15-9)14-17-11(5,6)12(7,8)18-14;2*1-4(2)3/h3-24H,1-2H3;5-13H,1-4H3;3-6H,1-2H3;1-9H;1-8H3;1-3H2;1H,2-3H2/q;;;;;;-1. The Morgan fingerprint density at radius 1 is 0.262 bits per heavy atom. The van der Waals surface area contributed by atoms with Gasteiger partial charge in [-0.05, 0) is 353 Å². The fraction of sp³-hybridized carbons (Fsp3) is 0.208. The van der Waals surface area contributed by atoms with E-state index in [4.69, 9.17) is 47.9 Å². The van der Waals surface area contributed by atoms with Gasteiger partial charge in [0.25, 0.3) is 0 Å². The van der Waals surface area contributed by atoms with E-state index in [1.165, 1.54) is 152 Å². The van der Waals surface area contributed by atoms with Crippen LogP contribution in [0.5, 0.6) is 0 Å². The first kappa shape index (κ1) is 94.9. The molecule has 3 aliphatic rings. The first-order chi connectivity index (χ1) is 61.6. The highest BCUT2D eigenvalue weighted by Gasteiger charge is 2.64. The maximum atomic E-state index is 6.16. The number of nitrogens with zero attached hydrogens (tertiary/aromatic N) is 4. The largest absolute Gasteiger partial charge is 0.518 e. The lowest BCUT2D eigenvalue weighted by Crippen LogP contribution is -2.41. The third-order valence-electron chi connectivity index (χ3n) is 26.4. The molecule has 5 atom stereocenters. The van der Waals surface area contributed by atoms with Gasteiger partial charge in [-0.3, -0.25) is 19.9 Å². The smallest absolute Gasteiger partial charge is 0.494 e. The average Bonchev–Trinajstić information content (AvgIpc) is 0.889. The van der Waals surface area contributed by atoms with Crippen molar-refractivity contribution in [1.82, 2.24) is 19.9 Å². The molecule has 3 saturated heterocycles. The molecule has 0 saturated carbocycles. The first-order valence-corrected chi connectivity index (χ1v) is 57.9. The summed E-state index contributed by atoms with van der Waals surface area (Å²) in [6.07, 6.45) is 0. The number of benzene rings is 16. The minimum absolute atomic E-state index is 0.0185. The Morgan fingerprint density at radius 2 is 0.500 bits per heavy atom. The van der Waals surface area contributed by atoms with Gasteiger partial charge in [-0.15, -0.1) is 44.6 Å². The number of halogens is 3. The molecular weight excluding hydrogens is 1950 g/mol. The number of fused-ring (bicyclic) bond motifs is 8. The molecule has 10 nitrogen and oxygen atoms in total. The number of aromatic nitrogens is 4. The molecule has 4 aromatic heterocycles. The van der Waals surface area contributed by atoms with Gasteiger partial charge in [-0.25, -0.2) is 6.99 Å². The Bertz CT molecular complexity index is 7430. The molecule has 5 unspecified atom stereocenters. The molecule has 23 rings (SSSR count). The normalized spacial score (nSPS) is 15.9. The molecule has 130 heavy (non-hydrogen) atoms. The van der Waals surface area contributed by atoms with Crippen LogP contribution in [-0.2, 0) is 27.9 Å². The van der Waals surface area contributed by atoms with E-state index in [1.54, 1.807) is 0 Å². The molecular formula is C106H103B3Br3N4O6P8-. The molecule has 0 amide bonds. The van der Waals surface area contributed by atoms with E-state index >= 15 is 0 Å². The first-order valence-electron chi connectivity index (χ1n) is 43.4. The molecule has 0 radical (unpaired) electrons. The maximum Gasteiger partial charge on any atom is 0.494 e. The van der Waals surface area contributed by atoms with Crippen LogP contribution in [0.3, 0.4) is 0 Å². The summed E-state index contributed by atoms with van der Waals surface area (Å²) < 4.78 is 39.4. The highest BCUT2D eigenvalue weighted by molar-refractivity contribution is 9.11. The van der Waals surface area contributed by atoms with Crippen molar-refractivity contribution in [3.63, 3.8) is 0 Å². The second kappa shape index (κ2) is 37.7. The number of rotatable bonds is 4. The summed E-state index contributed by atoms with van der Waals surface area (Å²) in [5, 5.41) is 29.7. The Labute approximate surface area is 803 Å². The fourth-order valence-electron chi connectivity index (χ4n) is 17.5. The predicted molar refractivity (Wildman–Crippen MR) is 596 cm³/mol. The summed E-state index contributed by atoms with van der Waals surface area (Å²) in [4.78, 5) is 20.0. The molecule has 3 aliphatic heterocycles. The molecule has 16 aromatic carbocycles. The van der Waals surface area contributed by atoms with Gasteiger partial charge < -0.3 is 36.9 Å². The van der Waals surface area contributed by atoms with E-state index in [0.717, 1.165) is 63.7 Å². The zero-order chi connectivity index (χ0) is 92.2. The van der Waals surface area contributed by atoms with Gasteiger partial charge in [0.05, 0.1) is 55.7 Å². The average molecular weight is 2050 g/mol. The third kappa shape index (κ3) is 19.7. The molecule has 24 heteroatoms. The van der Waals surface area contributed by atoms with Crippen molar-refractivity contribution < 1.29 is 27.9 Å². The number of hydrogen-bond acceptors (Lipinski definition) is 10. The monoisotopic (exact) mass is 2050 g/mol. The highest BCUT2D eigenvalue weighted by Crippen LogP contribution is 2.60. The van der Waals surface area contributed by atoms with Crippen LogP contribution in [0.4, 0.5) is 0 Å². The van der Waals surface area contributed by atoms with Crippen LogP contribution >= 0.6 is 115 Å². The lowest BCUT2D eigenvalue weighted by atomic mass is 9.49. The minimum Gasteiger partial charge on any atom is -0.518 e. The SMILES string of the molecule is Brc1ccc2cc3ccccc3cc2c1.CC1(C)OB(B2OC(C)(C)C(C)(C)O2)OC1(C)C.CC1(C)OB(c2ccc3cc4ccccc4cc3c2)OC1(C)C.Cc1nc2cc(-c3ccc4cc5ccccc5cc4c3)cc3c(C)nc4cc(-c5ccc6cc7ccccc7cc6c5)cc1c4c23.Cc1nc2cc(Br)cc3c(C)nc4cc(Br)cc1c4c23.PP(P)P.[PH-]P(P)P. The Kier molecular flexibility index (Phi) is 27.5. The predicted octanol–water partition coefficient (Wildman–Crippen LogP) is 32.7. The van der Waals surface area contributed by atoms with Gasteiger partial charge in [0.15, 0.2) is 0 Å². The molecule has 0 spiro atoms. The van der Waals surface area contributed by atoms with Gasteiger partial charge in [-0.2, -0.15) is 0 Å². The minimum atomic E-state index is -0.476. The van der Waals surface area contributed by atoms with E-state index in [9.17, 15) is 0 Å². The van der Waals surface area contributed by atoms with Gasteiger partial charge in [0.2, 0.25) is 0 Å². The Hall–Kier alpha value is -6.89. The second-order valence-corrected chi connectivity index (χ2v) is 62.0. The van der Waals surface area contributed by atoms with Crippen molar-refractivity contribution >= 4 is 293 Å². The molecule has 20 aromatic rings. The summed E-state index contributed by atoms with van der Waals surface area (Å²) in [5.41, 5.74) is 12.0. The van der Waals surface area contributed by atoms with Crippen LogP contribution in [-0.4, -0.2) is 74.7 Å². The number of pyridine rings is 4. The van der Waals surface area contributed by atoms with Gasteiger partial charge >= 0.3 is 21.1 Å². The zero-order valence-electron chi connectivity index (χ0n) is 75.8. The van der Waals surface area contributed by atoms with E-state index < -0.39 is 14.0 Å². The summed E-state index contributed by atoms with van der Waals surface area (Å²) in [7, 11) is 15.2. The summed E-state index contributed by atoms with van der Waals surface area (Å²) >= 11 is 10.6. The summed E-state index contributed by atoms with van der Waals surface area (Å²) in [5.74, 6) is 0. The van der Waals surface area contributed by atoms with Gasteiger partial charge in [-0.1, -0.05) is 193 Å². The molecule has 0 N–H and O–H groups in total. The maximum absolute atomic E-state index is 6.16. The summed E-state index contributed by atoms with van der Waals surface area (Å²) in [6, 6.07) is 96.1. The van der Waals surface area contributed by atoms with E-state index in [-0.39, 0.29) is 54.7 Å². The van der Waals surface area contributed by atoms with Crippen molar-refractivity contribution in [3.05, 3.63) is 303 Å². The molecule has 0 aliphatic carbocycles. The topological polar surface area (TPSA) is 107 Å². The Morgan fingerprint density at radius 3 is 0.808 bits per heavy atom. The molecule has 7 heterocycles. The molecule has 654 valence electrons. The van der Waals surface area contributed by atoms with Gasteiger partial charge in [0.1, 0.15) is 0 Å². The van der Waals surface area contributed by atoms with E-state index in [2.05, 4.69) is 424 Å². The van der Waals surface area contributed by atoms with Crippen molar-refractivity contribution in [2.24, 2.45) is 0 Å². The fourth-order valence-corrected chi connectivity index (χ4v) is 18.8. The lowest BCUT2D eigenvalue weighted by Gasteiger charge is -2.32. The van der Waals surface area contributed by atoms with Crippen molar-refractivity contribution in [2.45, 2.75) is 144 Å². The quantitative estimate of drug-likeness (QED) is 0.0732. The van der Waals surface area contributed by atoms with Crippen LogP contribution in [0.2, 0.25) is 0 Å². The van der Waals surface area contributed by atoms with Crippen LogP contribution in [0.25, 0.3) is 174 Å². The highest BCUT2D eigenvalue weighted by atomic mass is 79.9. The van der Waals surface area contributed by atoms with Crippen LogP contribution < -0.4 is 5.46 Å². The van der Waals surface area contributed by atoms with Gasteiger partial charge in [0, 0.05) is 79.3 Å². The van der Waals surface area contributed by atoms with E-state index in [1.807, 2.05) is 55.4 Å². The second-order valence-electron chi connectivity index (χ2n) is 37.0. The third-order valence-corrected chi connectivity index (χ3v) is 27.8. The number of aryl methyl sites for hydroxylation is 4. The van der Waals surface area contributed by atoms with Crippen LogP contribution in [0, 0.1) is 27.7 Å². The lowest BCUT2D eigenvalue weighted by molar-refractivity contribution is 0.00578. The summed E-state index contributed by atoms with van der Waals surface area (Å²) in [6.45, 7) is 33.1. The Balaban J connectivity index is 0.000000119. The molecule has 3 fully saturated rings. The van der Waals surface area contributed by atoms with Crippen LogP contribution in [0.1, 0.15) is 106 Å². The van der Waals surface area contributed by atoms with Crippen molar-refractivity contribution in [1.29, 1.82) is 0 Å². The molecule has 0 bridgehead atoms.